The smallest absolute Gasteiger partial charge is 0.317 e. The molecule has 4 heteroatoms. The molecule has 2 rings (SSSR count). The van der Waals surface area contributed by atoms with Crippen molar-refractivity contribution in [2.45, 2.75) is 64.0 Å². The van der Waals surface area contributed by atoms with Crippen LogP contribution in [-0.4, -0.2) is 42.6 Å². The summed E-state index contributed by atoms with van der Waals surface area (Å²) in [5, 5.41) is 6.66. The largest absolute Gasteiger partial charge is 0.335 e. The Morgan fingerprint density at radius 3 is 2.61 bits per heavy atom. The zero-order valence-corrected chi connectivity index (χ0v) is 11.6. The summed E-state index contributed by atoms with van der Waals surface area (Å²) in [5.74, 6) is 0. The summed E-state index contributed by atoms with van der Waals surface area (Å²) in [6.45, 7) is 4.83. The maximum absolute atomic E-state index is 12.2. The molecule has 1 aliphatic heterocycles. The standard InChI is InChI=1S/C14H27N3O/c1-2-17(11-13-9-6-10-15-13)14(18)16-12-7-4-3-5-8-12/h12-13,15H,2-11H2,1H3,(H,16,18). The number of hydrogen-bond donors (Lipinski definition) is 2. The molecule has 1 saturated carbocycles. The Morgan fingerprint density at radius 2 is 2.00 bits per heavy atom. The average molecular weight is 253 g/mol. The van der Waals surface area contributed by atoms with Crippen LogP contribution in [0.4, 0.5) is 4.79 Å². The van der Waals surface area contributed by atoms with Gasteiger partial charge < -0.3 is 15.5 Å². The highest BCUT2D eigenvalue weighted by molar-refractivity contribution is 5.74. The second kappa shape index (κ2) is 6.98. The number of carbonyl (C=O) groups is 1. The van der Waals surface area contributed by atoms with Gasteiger partial charge in [-0.25, -0.2) is 4.79 Å². The molecule has 0 bridgehead atoms. The summed E-state index contributed by atoms with van der Waals surface area (Å²) in [6.07, 6.45) is 8.62. The van der Waals surface area contributed by atoms with E-state index in [4.69, 9.17) is 0 Å². The number of amides is 2. The lowest BCUT2D eigenvalue weighted by atomic mass is 9.96. The molecule has 0 aromatic carbocycles. The van der Waals surface area contributed by atoms with Gasteiger partial charge in [-0.15, -0.1) is 0 Å². The molecule has 0 aromatic rings. The molecule has 2 amide bonds. The van der Waals surface area contributed by atoms with E-state index < -0.39 is 0 Å². The Labute approximate surface area is 110 Å². The summed E-state index contributed by atoms with van der Waals surface area (Å²) < 4.78 is 0. The fraction of sp³-hybridized carbons (Fsp3) is 0.929. The van der Waals surface area contributed by atoms with Gasteiger partial charge in [0.2, 0.25) is 0 Å². The Morgan fingerprint density at radius 1 is 1.22 bits per heavy atom. The lowest BCUT2D eigenvalue weighted by Gasteiger charge is -2.29. The minimum Gasteiger partial charge on any atom is -0.335 e. The first-order valence-corrected chi connectivity index (χ1v) is 7.58. The highest BCUT2D eigenvalue weighted by Gasteiger charge is 2.22. The van der Waals surface area contributed by atoms with Gasteiger partial charge in [0.25, 0.3) is 0 Å². The Bertz CT molecular complexity index is 258. The van der Waals surface area contributed by atoms with Gasteiger partial charge in [-0.2, -0.15) is 0 Å². The summed E-state index contributed by atoms with van der Waals surface area (Å²) in [6, 6.07) is 1.05. The SMILES string of the molecule is CCN(CC1CCCN1)C(=O)NC1CCCCC1. The molecule has 0 spiro atoms. The van der Waals surface area contributed by atoms with Crippen molar-refractivity contribution in [2.75, 3.05) is 19.6 Å². The van der Waals surface area contributed by atoms with Crippen LogP contribution in [0.3, 0.4) is 0 Å². The number of nitrogens with zero attached hydrogens (tertiary/aromatic N) is 1. The molecular weight excluding hydrogens is 226 g/mol. The lowest BCUT2D eigenvalue weighted by Crippen LogP contribution is -2.49. The number of rotatable bonds is 4. The molecule has 1 unspecified atom stereocenters. The quantitative estimate of drug-likeness (QED) is 0.806. The summed E-state index contributed by atoms with van der Waals surface area (Å²) in [5.41, 5.74) is 0. The zero-order valence-electron chi connectivity index (χ0n) is 11.6. The predicted molar refractivity (Wildman–Crippen MR) is 73.7 cm³/mol. The van der Waals surface area contributed by atoms with Crippen LogP contribution in [0.5, 0.6) is 0 Å². The van der Waals surface area contributed by atoms with Crippen LogP contribution in [0.2, 0.25) is 0 Å². The van der Waals surface area contributed by atoms with Crippen LogP contribution < -0.4 is 10.6 Å². The number of likely N-dealkylation sites (N-methyl/N-ethyl adjacent to an activating group) is 1. The van der Waals surface area contributed by atoms with Gasteiger partial charge in [-0.3, -0.25) is 0 Å². The molecule has 2 aliphatic rings. The number of urea groups is 1. The first-order chi connectivity index (χ1) is 8.79. The van der Waals surface area contributed by atoms with Gasteiger partial charge in [-0.1, -0.05) is 19.3 Å². The molecule has 1 aliphatic carbocycles. The van der Waals surface area contributed by atoms with E-state index in [2.05, 4.69) is 17.6 Å². The Hall–Kier alpha value is -0.770. The molecule has 104 valence electrons. The fourth-order valence-electron chi connectivity index (χ4n) is 3.05. The second-order valence-electron chi connectivity index (χ2n) is 5.62. The molecule has 4 nitrogen and oxygen atoms in total. The van der Waals surface area contributed by atoms with Gasteiger partial charge in [0.1, 0.15) is 0 Å². The van der Waals surface area contributed by atoms with Gasteiger partial charge in [-0.05, 0) is 39.2 Å². The molecule has 0 radical (unpaired) electrons. The van der Waals surface area contributed by atoms with Crippen LogP contribution in [0.25, 0.3) is 0 Å². The van der Waals surface area contributed by atoms with Crippen molar-refractivity contribution in [2.24, 2.45) is 0 Å². The fourth-order valence-corrected chi connectivity index (χ4v) is 3.05. The third kappa shape index (κ3) is 3.87. The summed E-state index contributed by atoms with van der Waals surface area (Å²) in [4.78, 5) is 14.2. The van der Waals surface area contributed by atoms with Crippen molar-refractivity contribution in [3.63, 3.8) is 0 Å². The third-order valence-corrected chi connectivity index (χ3v) is 4.20. The van der Waals surface area contributed by atoms with E-state index in [-0.39, 0.29) is 6.03 Å². The Balaban J connectivity index is 1.76. The monoisotopic (exact) mass is 253 g/mol. The van der Waals surface area contributed by atoms with Crippen LogP contribution in [0.1, 0.15) is 51.9 Å². The van der Waals surface area contributed by atoms with Gasteiger partial charge >= 0.3 is 6.03 Å². The van der Waals surface area contributed by atoms with Crippen molar-refractivity contribution < 1.29 is 4.79 Å². The number of carbonyl (C=O) groups excluding carboxylic acids is 1. The average Bonchev–Trinajstić information content (AvgIpc) is 2.90. The topological polar surface area (TPSA) is 44.4 Å². The molecular formula is C14H27N3O. The number of hydrogen-bond acceptors (Lipinski definition) is 2. The van der Waals surface area contributed by atoms with E-state index in [1.54, 1.807) is 0 Å². The van der Waals surface area contributed by atoms with Crippen LogP contribution in [-0.2, 0) is 0 Å². The Kier molecular flexibility index (Phi) is 5.29. The van der Waals surface area contributed by atoms with E-state index >= 15 is 0 Å². The normalized spacial score (nSPS) is 25.1. The van der Waals surface area contributed by atoms with Crippen molar-refractivity contribution in [3.05, 3.63) is 0 Å². The molecule has 1 atom stereocenters. The van der Waals surface area contributed by atoms with Crippen molar-refractivity contribution in [3.8, 4) is 0 Å². The third-order valence-electron chi connectivity index (χ3n) is 4.20. The van der Waals surface area contributed by atoms with Crippen LogP contribution in [0, 0.1) is 0 Å². The van der Waals surface area contributed by atoms with Crippen molar-refractivity contribution in [1.29, 1.82) is 0 Å². The molecule has 2 N–H and O–H groups in total. The summed E-state index contributed by atoms with van der Waals surface area (Å²) >= 11 is 0. The van der Waals surface area contributed by atoms with Crippen LogP contribution >= 0.6 is 0 Å². The van der Waals surface area contributed by atoms with E-state index in [0.29, 0.717) is 12.1 Å². The number of nitrogens with one attached hydrogen (secondary N) is 2. The van der Waals surface area contributed by atoms with Gasteiger partial charge in [0, 0.05) is 25.2 Å². The minimum atomic E-state index is 0.137. The molecule has 2 fully saturated rings. The van der Waals surface area contributed by atoms with Crippen molar-refractivity contribution in [1.82, 2.24) is 15.5 Å². The summed E-state index contributed by atoms with van der Waals surface area (Å²) in [7, 11) is 0. The lowest BCUT2D eigenvalue weighted by molar-refractivity contribution is 0.188. The predicted octanol–water partition coefficient (Wildman–Crippen LogP) is 2.10. The van der Waals surface area contributed by atoms with Gasteiger partial charge in [0.05, 0.1) is 0 Å². The zero-order chi connectivity index (χ0) is 12.8. The maximum Gasteiger partial charge on any atom is 0.317 e. The van der Waals surface area contributed by atoms with E-state index in [0.717, 1.165) is 32.5 Å². The maximum atomic E-state index is 12.2. The second-order valence-corrected chi connectivity index (χ2v) is 5.62. The van der Waals surface area contributed by atoms with E-state index in [1.165, 1.54) is 32.1 Å². The first kappa shape index (κ1) is 13.7. The van der Waals surface area contributed by atoms with Crippen LogP contribution in [0.15, 0.2) is 0 Å². The molecule has 18 heavy (non-hydrogen) atoms. The molecule has 1 saturated heterocycles. The minimum absolute atomic E-state index is 0.137. The molecule has 0 aromatic heterocycles. The first-order valence-electron chi connectivity index (χ1n) is 7.58. The van der Waals surface area contributed by atoms with Crippen molar-refractivity contribution >= 4 is 6.03 Å². The highest BCUT2D eigenvalue weighted by Crippen LogP contribution is 2.17. The molecule has 1 heterocycles. The van der Waals surface area contributed by atoms with E-state index in [1.807, 2.05) is 4.90 Å². The highest BCUT2D eigenvalue weighted by atomic mass is 16.2. The van der Waals surface area contributed by atoms with Gasteiger partial charge in [0.15, 0.2) is 0 Å². The van der Waals surface area contributed by atoms with E-state index in [9.17, 15) is 4.79 Å².